The van der Waals surface area contributed by atoms with E-state index in [1.54, 1.807) is 7.11 Å². The van der Waals surface area contributed by atoms with Gasteiger partial charge in [0.05, 0.1) is 13.7 Å². The molecule has 1 rings (SSSR count). The largest absolute Gasteiger partial charge is 0.496 e. The fourth-order valence-electron chi connectivity index (χ4n) is 1.95. The van der Waals surface area contributed by atoms with Gasteiger partial charge in [0.1, 0.15) is 5.75 Å². The van der Waals surface area contributed by atoms with Crippen LogP contribution in [0.5, 0.6) is 5.75 Å². The highest BCUT2D eigenvalue weighted by Crippen LogP contribution is 2.35. The highest BCUT2D eigenvalue weighted by molar-refractivity contribution is 9.10. The Balaban J connectivity index is 3.12. The van der Waals surface area contributed by atoms with Gasteiger partial charge in [0.25, 0.3) is 0 Å². The second kappa shape index (κ2) is 6.20. The van der Waals surface area contributed by atoms with Crippen LogP contribution in [0.15, 0.2) is 4.47 Å². The summed E-state index contributed by atoms with van der Waals surface area (Å²) in [5, 5.41) is 3.02. The summed E-state index contributed by atoms with van der Waals surface area (Å²) in [5.41, 5.74) is 9.55. The third kappa shape index (κ3) is 3.03. The summed E-state index contributed by atoms with van der Waals surface area (Å²) in [7, 11) is 1.66. The molecule has 0 fully saturated rings. The zero-order valence-corrected chi connectivity index (χ0v) is 12.8. The number of primary amides is 1. The monoisotopic (exact) mass is 314 g/mol. The van der Waals surface area contributed by atoms with Crippen molar-refractivity contribution in [3.63, 3.8) is 0 Å². The molecule has 0 heterocycles. The first-order valence-corrected chi connectivity index (χ1v) is 6.50. The molecule has 3 N–H and O–H groups in total. The van der Waals surface area contributed by atoms with Gasteiger partial charge in [0.2, 0.25) is 5.91 Å². The van der Waals surface area contributed by atoms with E-state index in [1.807, 2.05) is 13.8 Å². The van der Waals surface area contributed by atoms with Gasteiger partial charge in [0, 0.05) is 16.6 Å². The van der Waals surface area contributed by atoms with Crippen molar-refractivity contribution in [3.05, 3.63) is 26.7 Å². The van der Waals surface area contributed by atoms with Gasteiger partial charge in [0.15, 0.2) is 0 Å². The van der Waals surface area contributed by atoms with Gasteiger partial charge < -0.3 is 15.8 Å². The number of nitrogens with two attached hydrogens (primary N) is 1. The summed E-state index contributed by atoms with van der Waals surface area (Å²) in [4.78, 5) is 10.7. The average molecular weight is 315 g/mol. The lowest BCUT2D eigenvalue weighted by molar-refractivity contribution is -0.117. The Morgan fingerprint density at radius 2 is 1.89 bits per heavy atom. The van der Waals surface area contributed by atoms with E-state index in [-0.39, 0.29) is 12.5 Å². The number of halogens is 1. The van der Waals surface area contributed by atoms with Crippen molar-refractivity contribution in [3.8, 4) is 5.75 Å². The highest BCUT2D eigenvalue weighted by Gasteiger charge is 2.16. The van der Waals surface area contributed by atoms with E-state index in [0.717, 1.165) is 26.9 Å². The molecule has 0 saturated heterocycles. The number of amides is 1. The molecule has 0 radical (unpaired) electrons. The van der Waals surface area contributed by atoms with Crippen molar-refractivity contribution in [2.24, 2.45) is 5.73 Å². The maximum Gasteiger partial charge on any atom is 0.231 e. The second-order valence-corrected chi connectivity index (χ2v) is 5.06. The SMILES string of the molecule is COc1c(C)c(C)c(Br)c(C)c1CNCC(N)=O. The molecule has 0 spiro atoms. The van der Waals surface area contributed by atoms with Gasteiger partial charge in [-0.05, 0) is 37.5 Å². The summed E-state index contributed by atoms with van der Waals surface area (Å²) < 4.78 is 6.55. The lowest BCUT2D eigenvalue weighted by atomic mass is 9.99. The molecular weight excluding hydrogens is 296 g/mol. The van der Waals surface area contributed by atoms with Crippen molar-refractivity contribution in [2.45, 2.75) is 27.3 Å². The molecule has 1 aromatic rings. The van der Waals surface area contributed by atoms with Gasteiger partial charge in [-0.25, -0.2) is 0 Å². The third-order valence-corrected chi connectivity index (χ3v) is 4.28. The van der Waals surface area contributed by atoms with Crippen molar-refractivity contribution >= 4 is 21.8 Å². The summed E-state index contributed by atoms with van der Waals surface area (Å²) in [6.07, 6.45) is 0. The van der Waals surface area contributed by atoms with Gasteiger partial charge >= 0.3 is 0 Å². The predicted molar refractivity (Wildman–Crippen MR) is 75.8 cm³/mol. The molecule has 1 amide bonds. The first kappa shape index (κ1) is 15.0. The van der Waals surface area contributed by atoms with E-state index < -0.39 is 0 Å². The lowest BCUT2D eigenvalue weighted by Crippen LogP contribution is -2.28. The Bertz CT molecular complexity index is 473. The Morgan fingerprint density at radius 3 is 2.39 bits per heavy atom. The van der Waals surface area contributed by atoms with E-state index >= 15 is 0 Å². The molecule has 0 saturated carbocycles. The zero-order valence-electron chi connectivity index (χ0n) is 11.2. The summed E-state index contributed by atoms with van der Waals surface area (Å²) >= 11 is 3.59. The topological polar surface area (TPSA) is 64.3 Å². The van der Waals surface area contributed by atoms with Crippen LogP contribution in [0.2, 0.25) is 0 Å². The molecule has 18 heavy (non-hydrogen) atoms. The number of methoxy groups -OCH3 is 1. The van der Waals surface area contributed by atoms with Gasteiger partial charge in [-0.1, -0.05) is 15.9 Å². The minimum atomic E-state index is -0.366. The van der Waals surface area contributed by atoms with E-state index in [1.165, 1.54) is 5.56 Å². The van der Waals surface area contributed by atoms with Crippen LogP contribution in [0, 0.1) is 20.8 Å². The van der Waals surface area contributed by atoms with E-state index in [4.69, 9.17) is 10.5 Å². The molecule has 0 atom stereocenters. The van der Waals surface area contributed by atoms with Crippen LogP contribution in [0.25, 0.3) is 0 Å². The van der Waals surface area contributed by atoms with Gasteiger partial charge in [-0.3, -0.25) is 4.79 Å². The van der Waals surface area contributed by atoms with E-state index in [0.29, 0.717) is 6.54 Å². The first-order valence-electron chi connectivity index (χ1n) is 5.71. The second-order valence-electron chi connectivity index (χ2n) is 4.27. The number of nitrogens with one attached hydrogen (secondary N) is 1. The third-order valence-electron chi connectivity index (χ3n) is 3.09. The molecule has 5 heteroatoms. The fourth-order valence-corrected chi connectivity index (χ4v) is 2.48. The number of rotatable bonds is 5. The van der Waals surface area contributed by atoms with Crippen LogP contribution in [-0.4, -0.2) is 19.6 Å². The molecule has 4 nitrogen and oxygen atoms in total. The van der Waals surface area contributed by atoms with Crippen LogP contribution >= 0.6 is 15.9 Å². The molecule has 0 aliphatic heterocycles. The van der Waals surface area contributed by atoms with Crippen LogP contribution < -0.4 is 15.8 Å². The Kier molecular flexibility index (Phi) is 5.16. The van der Waals surface area contributed by atoms with E-state index in [9.17, 15) is 4.79 Å². The standard InChI is InChI=1S/C13H19BrN2O2/c1-7-8(2)13(18-4)10(9(3)12(7)14)5-16-6-11(15)17/h16H,5-6H2,1-4H3,(H2,15,17). The normalized spacial score (nSPS) is 10.5. The zero-order chi connectivity index (χ0) is 13.9. The average Bonchev–Trinajstić information content (AvgIpc) is 2.33. The van der Waals surface area contributed by atoms with Crippen molar-refractivity contribution in [1.82, 2.24) is 5.32 Å². The van der Waals surface area contributed by atoms with E-state index in [2.05, 4.69) is 28.2 Å². The van der Waals surface area contributed by atoms with Crippen molar-refractivity contribution < 1.29 is 9.53 Å². The Labute approximate surface area is 116 Å². The molecular formula is C13H19BrN2O2. The number of benzene rings is 1. The van der Waals surface area contributed by atoms with Crippen molar-refractivity contribution in [1.29, 1.82) is 0 Å². The first-order chi connectivity index (χ1) is 8.40. The Morgan fingerprint density at radius 1 is 1.28 bits per heavy atom. The molecule has 0 aliphatic carbocycles. The smallest absolute Gasteiger partial charge is 0.231 e. The molecule has 0 aliphatic rings. The number of ether oxygens (including phenoxy) is 1. The number of carbonyl (C=O) groups excluding carboxylic acids is 1. The molecule has 100 valence electrons. The minimum absolute atomic E-state index is 0.160. The maximum atomic E-state index is 10.7. The predicted octanol–water partition coefficient (Wildman–Crippen LogP) is 1.96. The highest BCUT2D eigenvalue weighted by atomic mass is 79.9. The molecule has 1 aromatic carbocycles. The summed E-state index contributed by atoms with van der Waals surface area (Å²) in [6, 6.07) is 0. The van der Waals surface area contributed by atoms with Crippen LogP contribution in [0.1, 0.15) is 22.3 Å². The fraction of sp³-hybridized carbons (Fsp3) is 0.462. The minimum Gasteiger partial charge on any atom is -0.496 e. The number of hydrogen-bond donors (Lipinski definition) is 2. The maximum absolute atomic E-state index is 10.7. The van der Waals surface area contributed by atoms with Gasteiger partial charge in [-0.15, -0.1) is 0 Å². The van der Waals surface area contributed by atoms with Crippen molar-refractivity contribution in [2.75, 3.05) is 13.7 Å². The molecule has 0 aromatic heterocycles. The number of carbonyl (C=O) groups is 1. The van der Waals surface area contributed by atoms with Crippen LogP contribution in [-0.2, 0) is 11.3 Å². The van der Waals surface area contributed by atoms with Crippen LogP contribution in [0.4, 0.5) is 0 Å². The lowest BCUT2D eigenvalue weighted by Gasteiger charge is -2.19. The summed E-state index contributed by atoms with van der Waals surface area (Å²) in [6.45, 7) is 6.82. The molecule has 0 unspecified atom stereocenters. The summed E-state index contributed by atoms with van der Waals surface area (Å²) in [5.74, 6) is 0.500. The Hall–Kier alpha value is -1.07. The molecule has 0 bridgehead atoms. The quantitative estimate of drug-likeness (QED) is 0.873. The van der Waals surface area contributed by atoms with Crippen LogP contribution in [0.3, 0.4) is 0 Å². The van der Waals surface area contributed by atoms with Gasteiger partial charge in [-0.2, -0.15) is 0 Å². The number of hydrogen-bond acceptors (Lipinski definition) is 3.